The van der Waals surface area contributed by atoms with E-state index in [9.17, 15) is 0 Å². The molecule has 0 amide bonds. The molecular weight excluding hydrogens is 198 g/mol. The van der Waals surface area contributed by atoms with Crippen molar-refractivity contribution in [3.63, 3.8) is 0 Å². The van der Waals surface area contributed by atoms with Crippen molar-refractivity contribution >= 4 is 5.69 Å². The summed E-state index contributed by atoms with van der Waals surface area (Å²) in [4.78, 5) is 0. The number of rotatable bonds is 3. The first-order chi connectivity index (χ1) is 7.66. The van der Waals surface area contributed by atoms with Gasteiger partial charge in [-0.05, 0) is 49.8 Å². The fraction of sp³-hybridized carbons (Fsp3) is 0.571. The van der Waals surface area contributed by atoms with Gasteiger partial charge in [-0.3, -0.25) is 0 Å². The smallest absolute Gasteiger partial charge is 0.145 e. The van der Waals surface area contributed by atoms with Crippen molar-refractivity contribution in [1.29, 1.82) is 0 Å². The lowest BCUT2D eigenvalue weighted by molar-refractivity contribution is 0.252. The minimum Gasteiger partial charge on any atom is -0.491 e. The van der Waals surface area contributed by atoms with Crippen LogP contribution in [0, 0.1) is 19.8 Å². The van der Waals surface area contributed by atoms with Crippen molar-refractivity contribution in [2.24, 2.45) is 5.92 Å². The number of nitrogens with two attached hydrogens (primary N) is 1. The molecule has 1 aliphatic rings. The Labute approximate surface area is 97.8 Å². The molecule has 0 spiro atoms. The highest BCUT2D eigenvalue weighted by molar-refractivity contribution is 5.58. The summed E-state index contributed by atoms with van der Waals surface area (Å²) >= 11 is 0. The molecular formula is C14H21NO. The maximum Gasteiger partial charge on any atom is 0.145 e. The predicted octanol–water partition coefficient (Wildman–Crippen LogP) is 3.45. The summed E-state index contributed by atoms with van der Waals surface area (Å²) in [6.07, 6.45) is 5.34. The molecule has 1 aromatic rings. The van der Waals surface area contributed by atoms with Crippen molar-refractivity contribution in [1.82, 2.24) is 0 Å². The lowest BCUT2D eigenvalue weighted by Gasteiger charge is -2.15. The third kappa shape index (κ3) is 2.49. The minimum atomic E-state index is 0.736. The summed E-state index contributed by atoms with van der Waals surface area (Å²) in [5, 5.41) is 0. The molecule has 2 rings (SSSR count). The standard InChI is InChI=1S/C14H21NO/c1-10-7-11(2)14(13(15)8-10)16-9-12-5-3-4-6-12/h7-8,12H,3-6,9,15H2,1-2H3. The van der Waals surface area contributed by atoms with E-state index >= 15 is 0 Å². The maximum atomic E-state index is 5.98. The molecule has 0 radical (unpaired) electrons. The molecule has 16 heavy (non-hydrogen) atoms. The summed E-state index contributed by atoms with van der Waals surface area (Å²) in [5.74, 6) is 1.62. The summed E-state index contributed by atoms with van der Waals surface area (Å²) in [6, 6.07) is 4.11. The van der Waals surface area contributed by atoms with E-state index in [1.165, 1.54) is 31.2 Å². The van der Waals surface area contributed by atoms with Crippen LogP contribution in [-0.2, 0) is 0 Å². The van der Waals surface area contributed by atoms with Gasteiger partial charge in [0.2, 0.25) is 0 Å². The first-order valence-corrected chi connectivity index (χ1v) is 6.16. The number of anilines is 1. The van der Waals surface area contributed by atoms with E-state index in [0.29, 0.717) is 0 Å². The van der Waals surface area contributed by atoms with Gasteiger partial charge in [-0.2, -0.15) is 0 Å². The molecule has 2 N–H and O–H groups in total. The highest BCUT2D eigenvalue weighted by atomic mass is 16.5. The van der Waals surface area contributed by atoms with Crippen LogP contribution in [0.1, 0.15) is 36.8 Å². The van der Waals surface area contributed by atoms with Gasteiger partial charge in [0.15, 0.2) is 0 Å². The first-order valence-electron chi connectivity index (χ1n) is 6.16. The molecule has 2 heteroatoms. The van der Waals surface area contributed by atoms with Crippen LogP contribution in [0.25, 0.3) is 0 Å². The van der Waals surface area contributed by atoms with Crippen LogP contribution in [0.15, 0.2) is 12.1 Å². The molecule has 1 aliphatic carbocycles. The van der Waals surface area contributed by atoms with Gasteiger partial charge in [-0.15, -0.1) is 0 Å². The molecule has 0 unspecified atom stereocenters. The molecule has 0 saturated heterocycles. The van der Waals surface area contributed by atoms with Gasteiger partial charge in [0.25, 0.3) is 0 Å². The Morgan fingerprint density at radius 1 is 1.25 bits per heavy atom. The first kappa shape index (κ1) is 11.3. The molecule has 0 bridgehead atoms. The summed E-state index contributed by atoms with van der Waals surface area (Å²) in [6.45, 7) is 4.95. The van der Waals surface area contributed by atoms with Crippen LogP contribution in [0.4, 0.5) is 5.69 Å². The second-order valence-electron chi connectivity index (χ2n) is 4.96. The van der Waals surface area contributed by atoms with Gasteiger partial charge in [0.05, 0.1) is 12.3 Å². The van der Waals surface area contributed by atoms with Gasteiger partial charge in [0, 0.05) is 0 Å². The SMILES string of the molecule is Cc1cc(C)c(OCC2CCCC2)c(N)c1. The molecule has 0 atom stereocenters. The monoisotopic (exact) mass is 219 g/mol. The highest BCUT2D eigenvalue weighted by Gasteiger charge is 2.16. The van der Waals surface area contributed by atoms with E-state index in [2.05, 4.69) is 19.9 Å². The Bertz CT molecular complexity index is 344. The number of hydrogen-bond donors (Lipinski definition) is 1. The lowest BCUT2D eigenvalue weighted by atomic mass is 10.1. The normalized spacial score (nSPS) is 16.6. The minimum absolute atomic E-state index is 0.736. The number of nitrogen functional groups attached to an aromatic ring is 1. The predicted molar refractivity (Wildman–Crippen MR) is 67.8 cm³/mol. The Morgan fingerprint density at radius 2 is 1.94 bits per heavy atom. The summed E-state index contributed by atoms with van der Waals surface area (Å²) in [7, 11) is 0. The third-order valence-corrected chi connectivity index (χ3v) is 3.39. The largest absolute Gasteiger partial charge is 0.491 e. The fourth-order valence-corrected chi connectivity index (χ4v) is 2.56. The Kier molecular flexibility index (Phi) is 3.37. The van der Waals surface area contributed by atoms with E-state index in [1.807, 2.05) is 6.07 Å². The fourth-order valence-electron chi connectivity index (χ4n) is 2.56. The van der Waals surface area contributed by atoms with Gasteiger partial charge in [-0.25, -0.2) is 0 Å². The molecule has 0 aliphatic heterocycles. The van der Waals surface area contributed by atoms with Crippen LogP contribution in [0.3, 0.4) is 0 Å². The van der Waals surface area contributed by atoms with Crippen LogP contribution < -0.4 is 10.5 Å². The second kappa shape index (κ2) is 4.77. The zero-order valence-corrected chi connectivity index (χ0v) is 10.3. The van der Waals surface area contributed by atoms with Gasteiger partial charge < -0.3 is 10.5 Å². The van der Waals surface area contributed by atoms with E-state index in [1.54, 1.807) is 0 Å². The third-order valence-electron chi connectivity index (χ3n) is 3.39. The van der Waals surface area contributed by atoms with E-state index < -0.39 is 0 Å². The molecule has 2 nitrogen and oxygen atoms in total. The summed E-state index contributed by atoms with van der Waals surface area (Å²) in [5.41, 5.74) is 9.10. The quantitative estimate of drug-likeness (QED) is 0.790. The van der Waals surface area contributed by atoms with E-state index in [0.717, 1.165) is 29.5 Å². The zero-order chi connectivity index (χ0) is 11.5. The van der Waals surface area contributed by atoms with Crippen LogP contribution >= 0.6 is 0 Å². The number of hydrogen-bond acceptors (Lipinski definition) is 2. The Hall–Kier alpha value is -1.18. The molecule has 1 fully saturated rings. The number of aryl methyl sites for hydroxylation is 2. The summed E-state index contributed by atoms with van der Waals surface area (Å²) < 4.78 is 5.88. The average molecular weight is 219 g/mol. The van der Waals surface area contributed by atoms with Crippen molar-refractivity contribution in [2.45, 2.75) is 39.5 Å². The number of benzene rings is 1. The van der Waals surface area contributed by atoms with Crippen molar-refractivity contribution < 1.29 is 4.74 Å². The van der Waals surface area contributed by atoms with Gasteiger partial charge in [-0.1, -0.05) is 18.9 Å². The number of ether oxygens (including phenoxy) is 1. The van der Waals surface area contributed by atoms with Gasteiger partial charge >= 0.3 is 0 Å². The van der Waals surface area contributed by atoms with Crippen molar-refractivity contribution in [3.05, 3.63) is 23.3 Å². The van der Waals surface area contributed by atoms with Crippen LogP contribution in [-0.4, -0.2) is 6.61 Å². The molecule has 0 aromatic heterocycles. The van der Waals surface area contributed by atoms with Crippen molar-refractivity contribution in [2.75, 3.05) is 12.3 Å². The highest BCUT2D eigenvalue weighted by Crippen LogP contribution is 2.30. The topological polar surface area (TPSA) is 35.2 Å². The van der Waals surface area contributed by atoms with Crippen LogP contribution in [0.2, 0.25) is 0 Å². The zero-order valence-electron chi connectivity index (χ0n) is 10.3. The molecule has 1 saturated carbocycles. The molecule has 0 heterocycles. The van der Waals surface area contributed by atoms with Crippen molar-refractivity contribution in [3.8, 4) is 5.75 Å². The maximum absolute atomic E-state index is 5.98. The average Bonchev–Trinajstić information content (AvgIpc) is 2.68. The lowest BCUT2D eigenvalue weighted by Crippen LogP contribution is -2.10. The molecule has 1 aromatic carbocycles. The Balaban J connectivity index is 2.03. The van der Waals surface area contributed by atoms with E-state index in [4.69, 9.17) is 10.5 Å². The van der Waals surface area contributed by atoms with Crippen LogP contribution in [0.5, 0.6) is 5.75 Å². The van der Waals surface area contributed by atoms with Gasteiger partial charge in [0.1, 0.15) is 5.75 Å². The Morgan fingerprint density at radius 3 is 2.56 bits per heavy atom. The van der Waals surface area contributed by atoms with E-state index in [-0.39, 0.29) is 0 Å². The second-order valence-corrected chi connectivity index (χ2v) is 4.96. The molecule has 88 valence electrons.